The number of likely N-dealkylation sites (N-methyl/N-ethyl adjacent to an activating group) is 1. The smallest absolute Gasteiger partial charge is 0.311 e. The van der Waals surface area contributed by atoms with Crippen LogP contribution in [0.3, 0.4) is 0 Å². The molecule has 2 fully saturated rings. The van der Waals surface area contributed by atoms with Crippen molar-refractivity contribution in [2.75, 3.05) is 13.7 Å². The number of amidine groups is 1. The maximum atomic E-state index is 12.7. The molecule has 3 rings (SSSR count). The Morgan fingerprint density at radius 3 is 2.77 bits per heavy atom. The largest absolute Gasteiger partial charge is 0.466 e. The molecule has 1 heterocycles. The number of likely N-dealkylation sites (tertiary alicyclic amines) is 1. The van der Waals surface area contributed by atoms with E-state index in [9.17, 15) is 14.4 Å². The zero-order valence-electron chi connectivity index (χ0n) is 17.2. The highest BCUT2D eigenvalue weighted by Crippen LogP contribution is 2.48. The van der Waals surface area contributed by atoms with Gasteiger partial charge in [0.15, 0.2) is 5.84 Å². The van der Waals surface area contributed by atoms with Crippen molar-refractivity contribution in [2.24, 2.45) is 27.6 Å². The summed E-state index contributed by atoms with van der Waals surface area (Å²) in [6.45, 7) is 2.50. The first-order chi connectivity index (χ1) is 14.4. The highest BCUT2D eigenvalue weighted by molar-refractivity contribution is 6.38. The number of ether oxygens (including phenoxy) is 1. The number of nitrogens with one attached hydrogen (secondary N) is 1. The summed E-state index contributed by atoms with van der Waals surface area (Å²) in [5.74, 6) is -1.60. The molecule has 30 heavy (non-hydrogen) atoms. The fourth-order valence-corrected chi connectivity index (χ4v) is 3.92. The minimum Gasteiger partial charge on any atom is -0.466 e. The Kier molecular flexibility index (Phi) is 6.81. The number of carbonyl (C=O) groups is 3. The molecule has 1 unspecified atom stereocenters. The van der Waals surface area contributed by atoms with Gasteiger partial charge in [0.1, 0.15) is 12.4 Å². The molecule has 1 aliphatic heterocycles. The van der Waals surface area contributed by atoms with Crippen molar-refractivity contribution in [3.63, 3.8) is 0 Å². The van der Waals surface area contributed by atoms with Gasteiger partial charge in [-0.15, -0.1) is 0 Å². The molecule has 1 saturated heterocycles. The number of hydrogen-bond donors (Lipinski definition) is 2. The quantitative estimate of drug-likeness (QED) is 0.405. The summed E-state index contributed by atoms with van der Waals surface area (Å²) in [5.41, 5.74) is 6.74. The van der Waals surface area contributed by atoms with E-state index >= 15 is 0 Å². The van der Waals surface area contributed by atoms with Gasteiger partial charge < -0.3 is 20.7 Å². The Hall–Kier alpha value is -3.23. The van der Waals surface area contributed by atoms with Crippen LogP contribution in [0.25, 0.3) is 0 Å². The Morgan fingerprint density at radius 2 is 2.07 bits per heavy atom. The Balaban J connectivity index is 0.00000256. The van der Waals surface area contributed by atoms with E-state index in [4.69, 9.17) is 10.5 Å². The van der Waals surface area contributed by atoms with Gasteiger partial charge in [0.05, 0.1) is 19.1 Å². The van der Waals surface area contributed by atoms with Crippen LogP contribution in [0, 0.1) is 11.8 Å². The molecule has 0 aromatic heterocycles. The molecule has 1 aliphatic carbocycles. The van der Waals surface area contributed by atoms with Gasteiger partial charge in [0, 0.05) is 15.9 Å². The molecule has 1 saturated carbocycles. The molecule has 0 bridgehead atoms. The number of nitrogens with two attached hydrogens (primary N) is 1. The molecule has 0 spiro atoms. The molecule has 4 atom stereocenters. The molecule has 1 aromatic carbocycles. The monoisotopic (exact) mass is 417 g/mol. The van der Waals surface area contributed by atoms with Crippen LogP contribution in [-0.2, 0) is 25.7 Å². The van der Waals surface area contributed by atoms with Crippen LogP contribution in [0.5, 0.6) is 0 Å². The second kappa shape index (κ2) is 9.51. The van der Waals surface area contributed by atoms with E-state index in [-0.39, 0.29) is 38.4 Å². The minimum atomic E-state index is -0.701. The maximum absolute atomic E-state index is 12.7. The van der Waals surface area contributed by atoms with Crippen LogP contribution in [0.4, 0.5) is 0 Å². The number of hydrogen-bond acceptors (Lipinski definition) is 5. The van der Waals surface area contributed by atoms with Gasteiger partial charge in [-0.05, 0) is 31.2 Å². The highest BCUT2D eigenvalue weighted by atomic mass is 16.5. The van der Waals surface area contributed by atoms with Crippen molar-refractivity contribution in [2.45, 2.75) is 38.4 Å². The first-order valence-corrected chi connectivity index (χ1v) is 10.0. The maximum Gasteiger partial charge on any atom is 0.311 e. The molecular formula is C21H31N5O4. The Labute approximate surface area is 178 Å². The summed E-state index contributed by atoms with van der Waals surface area (Å²) in [7, 11) is 1.65. The number of fused-ring (bicyclic) bond motifs is 1. The third kappa shape index (κ3) is 4.84. The van der Waals surface area contributed by atoms with E-state index in [1.54, 1.807) is 18.9 Å². The van der Waals surface area contributed by atoms with Crippen molar-refractivity contribution in [3.05, 3.63) is 35.9 Å². The molecule has 9 heteroatoms. The molecule has 9 nitrogen and oxygen atoms in total. The standard InChI is InChI=1S/C21H27N5O4.2H2/c1-3-30-21(29)16-14-9-10-15(20(28)26(2)17(14)16)25-19(27)18(22)24-12-23-11-13-7-5-4-6-8-13;;/h4-8,12,14-17H,3,9-11H2,1-2H3,(H,25,27)(H2,22,23,24);2*1H/t14-,15+,16+,17?;;/m1../s1. The van der Waals surface area contributed by atoms with Crippen molar-refractivity contribution in [1.82, 2.24) is 10.2 Å². The lowest BCUT2D eigenvalue weighted by Gasteiger charge is -2.23. The zero-order chi connectivity index (χ0) is 21.7. The number of carbonyl (C=O) groups excluding carboxylic acids is 3. The van der Waals surface area contributed by atoms with Gasteiger partial charge in [-0.1, -0.05) is 30.3 Å². The van der Waals surface area contributed by atoms with E-state index in [1.807, 2.05) is 30.3 Å². The van der Waals surface area contributed by atoms with E-state index in [1.165, 1.54) is 6.34 Å². The Bertz CT molecular complexity index is 865. The van der Waals surface area contributed by atoms with E-state index in [2.05, 4.69) is 15.3 Å². The van der Waals surface area contributed by atoms with Gasteiger partial charge in [-0.25, -0.2) is 4.99 Å². The van der Waals surface area contributed by atoms with Crippen LogP contribution >= 0.6 is 0 Å². The molecule has 0 radical (unpaired) electrons. The van der Waals surface area contributed by atoms with Gasteiger partial charge >= 0.3 is 5.97 Å². The number of benzene rings is 1. The van der Waals surface area contributed by atoms with Crippen molar-refractivity contribution in [3.8, 4) is 0 Å². The summed E-state index contributed by atoms with van der Waals surface area (Å²) >= 11 is 0. The van der Waals surface area contributed by atoms with Crippen LogP contribution < -0.4 is 11.1 Å². The van der Waals surface area contributed by atoms with Gasteiger partial charge in [0.2, 0.25) is 5.91 Å². The van der Waals surface area contributed by atoms with E-state index < -0.39 is 11.9 Å². The lowest BCUT2D eigenvalue weighted by Crippen LogP contribution is -2.50. The van der Waals surface area contributed by atoms with Crippen LogP contribution in [0.1, 0.15) is 28.2 Å². The van der Waals surface area contributed by atoms with Crippen LogP contribution in [0.2, 0.25) is 0 Å². The van der Waals surface area contributed by atoms with E-state index in [0.717, 1.165) is 5.56 Å². The average Bonchev–Trinajstić information content (AvgIpc) is 3.49. The van der Waals surface area contributed by atoms with Gasteiger partial charge in [-0.3, -0.25) is 19.4 Å². The predicted molar refractivity (Wildman–Crippen MR) is 116 cm³/mol. The second-order valence-corrected chi connectivity index (χ2v) is 7.44. The Morgan fingerprint density at radius 1 is 1.33 bits per heavy atom. The molecular weight excluding hydrogens is 386 g/mol. The first kappa shape index (κ1) is 21.5. The summed E-state index contributed by atoms with van der Waals surface area (Å²) in [5, 5.41) is 2.64. The lowest BCUT2D eigenvalue weighted by molar-refractivity contribution is -0.146. The lowest BCUT2D eigenvalue weighted by atomic mass is 10.1. The summed E-state index contributed by atoms with van der Waals surface area (Å²) < 4.78 is 5.09. The second-order valence-electron chi connectivity index (χ2n) is 7.44. The van der Waals surface area contributed by atoms with Gasteiger partial charge in [-0.2, -0.15) is 0 Å². The number of aliphatic imine (C=N–C) groups is 2. The van der Waals surface area contributed by atoms with Crippen molar-refractivity contribution >= 4 is 30.0 Å². The fraction of sp³-hybridized carbons (Fsp3) is 0.476. The molecule has 3 N–H and O–H groups in total. The zero-order valence-corrected chi connectivity index (χ0v) is 17.2. The fourth-order valence-electron chi connectivity index (χ4n) is 3.92. The summed E-state index contributed by atoms with van der Waals surface area (Å²) in [6.07, 6.45) is 2.31. The average molecular weight is 418 g/mol. The van der Waals surface area contributed by atoms with Crippen molar-refractivity contribution < 1.29 is 22.0 Å². The molecule has 164 valence electrons. The summed E-state index contributed by atoms with van der Waals surface area (Å²) in [4.78, 5) is 46.6. The molecule has 2 amide bonds. The number of amides is 2. The third-order valence-corrected chi connectivity index (χ3v) is 5.50. The number of esters is 1. The van der Waals surface area contributed by atoms with E-state index in [0.29, 0.717) is 26.0 Å². The highest BCUT2D eigenvalue weighted by Gasteiger charge is 2.60. The molecule has 1 aromatic rings. The molecule has 2 aliphatic rings. The first-order valence-electron chi connectivity index (χ1n) is 10.0. The normalized spacial score (nSPS) is 26.1. The van der Waals surface area contributed by atoms with Crippen LogP contribution in [-0.4, -0.2) is 60.6 Å². The summed E-state index contributed by atoms with van der Waals surface area (Å²) in [6, 6.07) is 8.73. The number of rotatable bonds is 6. The minimum absolute atomic E-state index is 0. The van der Waals surface area contributed by atoms with Crippen molar-refractivity contribution in [1.29, 1.82) is 0 Å². The van der Waals surface area contributed by atoms with Crippen LogP contribution in [0.15, 0.2) is 40.3 Å². The van der Waals surface area contributed by atoms with Gasteiger partial charge in [0.25, 0.3) is 5.91 Å². The SMILES string of the molecule is CCOC(=O)[C@@H]1C2[C@@H]1CC[C@H](NC(=O)C(N)=NC=NCc1ccccc1)C(=O)N2C.[HH].[HH]. The third-order valence-electron chi connectivity index (χ3n) is 5.50. The number of nitrogens with zero attached hydrogens (tertiary/aromatic N) is 3. The predicted octanol–water partition coefficient (Wildman–Crippen LogP) is 0.979. The topological polar surface area (TPSA) is 126 Å².